The van der Waals surface area contributed by atoms with Crippen LogP contribution < -0.4 is 19.1 Å². The van der Waals surface area contributed by atoms with E-state index in [-0.39, 0.29) is 16.3 Å². The molecule has 0 saturated carbocycles. The number of hydrogen-bond donors (Lipinski definition) is 1. The molecule has 0 spiro atoms. The zero-order valence-electron chi connectivity index (χ0n) is 18.2. The van der Waals surface area contributed by atoms with Crippen molar-refractivity contribution in [2.75, 3.05) is 30.4 Å². The molecule has 3 aromatic carbocycles. The summed E-state index contributed by atoms with van der Waals surface area (Å²) in [5, 5.41) is 2.17. The van der Waals surface area contributed by atoms with Crippen LogP contribution in [0.3, 0.4) is 0 Å². The van der Waals surface area contributed by atoms with E-state index in [4.69, 9.17) is 9.47 Å². The standard InChI is InChI=1S/C23H21F3N2O5S/c1-32-16-11-13-17(14-12-16)34(30,31)28(20-9-5-6-10-21(20)33-2)15-22(29)27-19-8-4-3-7-18(19)23(24,25)26/h3-14H,15H2,1-2H3,(H,27,29). The van der Waals surface area contributed by atoms with E-state index < -0.39 is 39.9 Å². The first-order valence-corrected chi connectivity index (χ1v) is 11.3. The third kappa shape index (κ3) is 5.42. The van der Waals surface area contributed by atoms with Crippen LogP contribution >= 0.6 is 0 Å². The molecule has 0 unspecified atom stereocenters. The highest BCUT2D eigenvalue weighted by atomic mass is 32.2. The molecule has 11 heteroatoms. The van der Waals surface area contributed by atoms with Crippen LogP contribution in [0, 0.1) is 0 Å². The minimum absolute atomic E-state index is 0.0417. The molecule has 0 aliphatic heterocycles. The summed E-state index contributed by atoms with van der Waals surface area (Å²) in [7, 11) is -1.57. The summed E-state index contributed by atoms with van der Waals surface area (Å²) in [6.07, 6.45) is -4.71. The highest BCUT2D eigenvalue weighted by molar-refractivity contribution is 7.92. The van der Waals surface area contributed by atoms with Gasteiger partial charge in [0.05, 0.1) is 36.1 Å². The Kier molecular flexibility index (Phi) is 7.35. The van der Waals surface area contributed by atoms with Gasteiger partial charge in [0.1, 0.15) is 18.0 Å². The summed E-state index contributed by atoms with van der Waals surface area (Å²) in [4.78, 5) is 12.7. The van der Waals surface area contributed by atoms with E-state index in [0.717, 1.165) is 16.4 Å². The number of halogens is 3. The van der Waals surface area contributed by atoms with Crippen LogP contribution in [0.2, 0.25) is 0 Å². The van der Waals surface area contributed by atoms with E-state index in [2.05, 4.69) is 5.32 Å². The number of sulfonamides is 1. The lowest BCUT2D eigenvalue weighted by molar-refractivity contribution is -0.137. The van der Waals surface area contributed by atoms with Gasteiger partial charge >= 0.3 is 6.18 Å². The minimum atomic E-state index is -4.71. The molecule has 180 valence electrons. The van der Waals surface area contributed by atoms with E-state index >= 15 is 0 Å². The number of nitrogens with one attached hydrogen (secondary N) is 1. The number of anilines is 2. The summed E-state index contributed by atoms with van der Waals surface area (Å²) in [6.45, 7) is -0.805. The molecule has 0 aliphatic carbocycles. The van der Waals surface area contributed by atoms with Crippen molar-refractivity contribution in [2.24, 2.45) is 0 Å². The second kappa shape index (κ2) is 10.0. The van der Waals surface area contributed by atoms with E-state index in [9.17, 15) is 26.4 Å². The SMILES string of the molecule is COc1ccc(S(=O)(=O)N(CC(=O)Nc2ccccc2C(F)(F)F)c2ccccc2OC)cc1. The van der Waals surface area contributed by atoms with Crippen LogP contribution in [-0.2, 0) is 21.0 Å². The van der Waals surface area contributed by atoms with Gasteiger partial charge in [-0.15, -0.1) is 0 Å². The number of hydrogen-bond acceptors (Lipinski definition) is 5. The second-order valence-electron chi connectivity index (χ2n) is 6.95. The molecule has 3 rings (SSSR count). The Morgan fingerprint density at radius 2 is 1.53 bits per heavy atom. The van der Waals surface area contributed by atoms with Crippen LogP contribution in [0.4, 0.5) is 24.5 Å². The van der Waals surface area contributed by atoms with Gasteiger partial charge in [0.2, 0.25) is 5.91 Å². The Morgan fingerprint density at radius 3 is 2.15 bits per heavy atom. The molecular formula is C23H21F3N2O5S. The lowest BCUT2D eigenvalue weighted by Crippen LogP contribution is -2.38. The van der Waals surface area contributed by atoms with Crippen molar-refractivity contribution in [3.05, 3.63) is 78.4 Å². The number of carbonyl (C=O) groups excluding carboxylic acids is 1. The van der Waals surface area contributed by atoms with Crippen LogP contribution in [0.5, 0.6) is 11.5 Å². The Hall–Kier alpha value is -3.73. The average molecular weight is 494 g/mol. The van der Waals surface area contributed by atoms with Crippen LogP contribution in [0.15, 0.2) is 77.7 Å². The number of alkyl halides is 3. The van der Waals surface area contributed by atoms with E-state index in [1.165, 1.54) is 62.8 Å². The fourth-order valence-corrected chi connectivity index (χ4v) is 4.60. The maximum atomic E-state index is 13.5. The van der Waals surface area contributed by atoms with Crippen LogP contribution in [-0.4, -0.2) is 35.1 Å². The lowest BCUT2D eigenvalue weighted by Gasteiger charge is -2.26. The molecule has 0 bridgehead atoms. The predicted molar refractivity (Wildman–Crippen MR) is 121 cm³/mol. The van der Waals surface area contributed by atoms with E-state index in [0.29, 0.717) is 5.75 Å². The second-order valence-corrected chi connectivity index (χ2v) is 8.81. The maximum Gasteiger partial charge on any atom is 0.418 e. The number of methoxy groups -OCH3 is 2. The van der Waals surface area contributed by atoms with Crippen molar-refractivity contribution in [3.8, 4) is 11.5 Å². The number of ether oxygens (including phenoxy) is 2. The summed E-state index contributed by atoms with van der Waals surface area (Å²) in [5.74, 6) is -0.396. The fraction of sp³-hybridized carbons (Fsp3) is 0.174. The number of benzene rings is 3. The molecule has 1 N–H and O–H groups in total. The summed E-state index contributed by atoms with van der Waals surface area (Å²) < 4.78 is 78.0. The Balaban J connectivity index is 2.01. The van der Waals surface area contributed by atoms with Gasteiger partial charge in [-0.05, 0) is 48.5 Å². The molecule has 0 aliphatic rings. The topological polar surface area (TPSA) is 84.9 Å². The van der Waals surface area contributed by atoms with Gasteiger partial charge in [-0.3, -0.25) is 9.10 Å². The number of nitrogens with zero attached hydrogens (tertiary/aromatic N) is 1. The first kappa shape index (κ1) is 24.9. The van der Waals surface area contributed by atoms with Crippen LogP contribution in [0.25, 0.3) is 0 Å². The molecule has 0 radical (unpaired) electrons. The molecule has 7 nitrogen and oxygen atoms in total. The number of carbonyl (C=O) groups is 1. The zero-order chi connectivity index (χ0) is 24.9. The van der Waals surface area contributed by atoms with E-state index in [1.54, 1.807) is 12.1 Å². The molecule has 1 amide bonds. The van der Waals surface area contributed by atoms with Crippen molar-refractivity contribution < 1.29 is 35.9 Å². The molecule has 3 aromatic rings. The molecule has 0 atom stereocenters. The van der Waals surface area contributed by atoms with Crippen LogP contribution in [0.1, 0.15) is 5.56 Å². The largest absolute Gasteiger partial charge is 0.497 e. The third-order valence-electron chi connectivity index (χ3n) is 4.80. The highest BCUT2D eigenvalue weighted by Gasteiger charge is 2.34. The Morgan fingerprint density at radius 1 is 0.912 bits per heavy atom. The molecule has 34 heavy (non-hydrogen) atoms. The van der Waals surface area contributed by atoms with Crippen molar-refractivity contribution in [2.45, 2.75) is 11.1 Å². The van der Waals surface area contributed by atoms with Gasteiger partial charge in [-0.2, -0.15) is 13.2 Å². The van der Waals surface area contributed by atoms with Crippen molar-refractivity contribution in [1.29, 1.82) is 0 Å². The van der Waals surface area contributed by atoms with Gasteiger partial charge in [-0.25, -0.2) is 8.42 Å². The minimum Gasteiger partial charge on any atom is -0.497 e. The van der Waals surface area contributed by atoms with Gasteiger partial charge < -0.3 is 14.8 Å². The predicted octanol–water partition coefficient (Wildman–Crippen LogP) is 4.56. The first-order valence-electron chi connectivity index (χ1n) is 9.84. The smallest absolute Gasteiger partial charge is 0.418 e. The van der Waals surface area contributed by atoms with Crippen molar-refractivity contribution in [3.63, 3.8) is 0 Å². The molecule has 0 fully saturated rings. The fourth-order valence-electron chi connectivity index (χ4n) is 3.17. The Bertz CT molecular complexity index is 1260. The quantitative estimate of drug-likeness (QED) is 0.497. The highest BCUT2D eigenvalue weighted by Crippen LogP contribution is 2.35. The van der Waals surface area contributed by atoms with Crippen molar-refractivity contribution >= 4 is 27.3 Å². The number of para-hydroxylation sites is 3. The first-order chi connectivity index (χ1) is 16.1. The van der Waals surface area contributed by atoms with Gasteiger partial charge in [0.15, 0.2) is 0 Å². The summed E-state index contributed by atoms with van der Waals surface area (Å²) in [6, 6.07) is 16.0. The number of amides is 1. The average Bonchev–Trinajstić information content (AvgIpc) is 2.82. The van der Waals surface area contributed by atoms with Crippen molar-refractivity contribution in [1.82, 2.24) is 0 Å². The van der Waals surface area contributed by atoms with Gasteiger partial charge in [-0.1, -0.05) is 24.3 Å². The summed E-state index contributed by atoms with van der Waals surface area (Å²) >= 11 is 0. The summed E-state index contributed by atoms with van der Waals surface area (Å²) in [5.41, 5.74) is -1.49. The zero-order valence-corrected chi connectivity index (χ0v) is 19.0. The maximum absolute atomic E-state index is 13.5. The van der Waals surface area contributed by atoms with Gasteiger partial charge in [0, 0.05) is 0 Å². The lowest BCUT2D eigenvalue weighted by atomic mass is 10.1. The number of rotatable bonds is 8. The monoisotopic (exact) mass is 494 g/mol. The molecule has 0 heterocycles. The third-order valence-corrected chi connectivity index (χ3v) is 6.57. The normalized spacial score (nSPS) is 11.6. The van der Waals surface area contributed by atoms with Gasteiger partial charge in [0.25, 0.3) is 10.0 Å². The molecular weight excluding hydrogens is 473 g/mol. The Labute approximate surface area is 194 Å². The molecule has 0 saturated heterocycles. The molecule has 0 aromatic heterocycles. The van der Waals surface area contributed by atoms with E-state index in [1.807, 2.05) is 0 Å².